The summed E-state index contributed by atoms with van der Waals surface area (Å²) in [4.78, 5) is 13.0. The molecule has 0 spiro atoms. The average molecular weight is 406 g/mol. The molecule has 0 aliphatic heterocycles. The molecule has 2 heterocycles. The van der Waals surface area contributed by atoms with E-state index in [9.17, 15) is 0 Å². The molecule has 0 bridgehead atoms. The zero-order chi connectivity index (χ0) is 17.5. The van der Waals surface area contributed by atoms with E-state index in [2.05, 4.69) is 63.0 Å². The molecule has 0 amide bonds. The second-order valence-electron chi connectivity index (χ2n) is 6.26. The monoisotopic (exact) mass is 404 g/mol. The van der Waals surface area contributed by atoms with Crippen LogP contribution < -0.4 is 5.32 Å². The van der Waals surface area contributed by atoms with Crippen LogP contribution >= 0.6 is 27.5 Å². The van der Waals surface area contributed by atoms with Gasteiger partial charge < -0.3 is 9.88 Å². The summed E-state index contributed by atoms with van der Waals surface area (Å²) in [5, 5.41) is 12.4. The largest absolute Gasteiger partial charge is 0.338 e. The van der Waals surface area contributed by atoms with Gasteiger partial charge in [-0.05, 0) is 50.6 Å². The lowest BCUT2D eigenvalue weighted by Gasteiger charge is -2.21. The molecule has 122 valence electrons. The Morgan fingerprint density at radius 2 is 2.00 bits per heavy atom. The number of aromatic nitrogens is 4. The molecule has 8 heteroatoms. The van der Waals surface area contributed by atoms with Gasteiger partial charge in [0.1, 0.15) is 0 Å². The van der Waals surface area contributed by atoms with Crippen molar-refractivity contribution in [2.75, 3.05) is 5.32 Å². The Kier molecular flexibility index (Phi) is 4.20. The molecule has 6 nitrogen and oxygen atoms in total. The summed E-state index contributed by atoms with van der Waals surface area (Å²) < 4.78 is 2.74. The van der Waals surface area contributed by atoms with Crippen molar-refractivity contribution in [3.8, 4) is 6.07 Å². The molecule has 0 saturated heterocycles. The molecule has 2 aromatic heterocycles. The van der Waals surface area contributed by atoms with Gasteiger partial charge in [0, 0.05) is 15.7 Å². The van der Waals surface area contributed by atoms with Gasteiger partial charge in [0.15, 0.2) is 17.0 Å². The molecule has 0 saturated carbocycles. The standard InChI is InChI=1S/C16H14BrClN6/c1-16(2,3)24-8-20-12-13(22-15(18)23-14(12)24)21-11-5-9(7-19)4-10(17)6-11/h4-6,8H,1-3H3,(H,21,22,23). The maximum absolute atomic E-state index is 9.10. The van der Waals surface area contributed by atoms with Gasteiger partial charge in [-0.1, -0.05) is 15.9 Å². The van der Waals surface area contributed by atoms with Crippen molar-refractivity contribution in [1.82, 2.24) is 19.5 Å². The topological polar surface area (TPSA) is 79.4 Å². The summed E-state index contributed by atoms with van der Waals surface area (Å²) in [6, 6.07) is 7.44. The van der Waals surface area contributed by atoms with Crippen molar-refractivity contribution < 1.29 is 0 Å². The van der Waals surface area contributed by atoms with Crippen LogP contribution in [0.4, 0.5) is 11.5 Å². The van der Waals surface area contributed by atoms with Crippen LogP contribution in [0.3, 0.4) is 0 Å². The van der Waals surface area contributed by atoms with E-state index in [0.29, 0.717) is 28.2 Å². The van der Waals surface area contributed by atoms with Crippen LogP contribution in [0, 0.1) is 11.3 Å². The van der Waals surface area contributed by atoms with Crippen molar-refractivity contribution in [3.05, 3.63) is 39.8 Å². The van der Waals surface area contributed by atoms with Gasteiger partial charge in [0.05, 0.1) is 18.0 Å². The number of benzene rings is 1. The van der Waals surface area contributed by atoms with Crippen molar-refractivity contribution in [2.24, 2.45) is 0 Å². The lowest BCUT2D eigenvalue weighted by molar-refractivity contribution is 0.406. The number of nitriles is 1. The van der Waals surface area contributed by atoms with E-state index in [1.807, 2.05) is 10.6 Å². The molecule has 1 aromatic carbocycles. The van der Waals surface area contributed by atoms with E-state index in [-0.39, 0.29) is 10.8 Å². The summed E-state index contributed by atoms with van der Waals surface area (Å²) in [6.45, 7) is 6.18. The number of hydrogen-bond acceptors (Lipinski definition) is 5. The Labute approximate surface area is 152 Å². The van der Waals surface area contributed by atoms with Crippen LogP contribution in [0.2, 0.25) is 5.28 Å². The first-order valence-electron chi connectivity index (χ1n) is 7.17. The zero-order valence-corrected chi connectivity index (χ0v) is 15.6. The predicted octanol–water partition coefficient (Wildman–Crippen LogP) is 4.61. The SMILES string of the molecule is CC(C)(C)n1cnc2c(Nc3cc(Br)cc(C#N)c3)nc(Cl)nc21. The lowest BCUT2D eigenvalue weighted by Crippen LogP contribution is -2.21. The van der Waals surface area contributed by atoms with Gasteiger partial charge in [-0.3, -0.25) is 0 Å². The van der Waals surface area contributed by atoms with E-state index in [1.165, 1.54) is 0 Å². The smallest absolute Gasteiger partial charge is 0.226 e. The maximum Gasteiger partial charge on any atom is 0.226 e. The average Bonchev–Trinajstić information content (AvgIpc) is 2.90. The number of rotatable bonds is 2. The highest BCUT2D eigenvalue weighted by atomic mass is 79.9. The summed E-state index contributed by atoms with van der Waals surface area (Å²) in [7, 11) is 0. The summed E-state index contributed by atoms with van der Waals surface area (Å²) in [5.41, 5.74) is 2.33. The van der Waals surface area contributed by atoms with Gasteiger partial charge in [-0.2, -0.15) is 15.2 Å². The molecule has 1 N–H and O–H groups in total. The number of anilines is 2. The molecular weight excluding hydrogens is 392 g/mol. The van der Waals surface area contributed by atoms with Crippen LogP contribution in [0.15, 0.2) is 29.0 Å². The van der Waals surface area contributed by atoms with Crippen LogP contribution in [-0.4, -0.2) is 19.5 Å². The molecule has 0 radical (unpaired) electrons. The second-order valence-corrected chi connectivity index (χ2v) is 7.52. The van der Waals surface area contributed by atoms with Crippen LogP contribution in [0.1, 0.15) is 26.3 Å². The minimum absolute atomic E-state index is 0.131. The van der Waals surface area contributed by atoms with Crippen molar-refractivity contribution >= 4 is 50.2 Å². The van der Waals surface area contributed by atoms with Crippen molar-refractivity contribution in [3.63, 3.8) is 0 Å². The molecule has 0 aliphatic rings. The Balaban J connectivity index is 2.12. The van der Waals surface area contributed by atoms with Gasteiger partial charge in [-0.25, -0.2) is 4.98 Å². The Morgan fingerprint density at radius 1 is 1.25 bits per heavy atom. The van der Waals surface area contributed by atoms with Gasteiger partial charge in [0.25, 0.3) is 0 Å². The number of hydrogen-bond donors (Lipinski definition) is 1. The fourth-order valence-electron chi connectivity index (χ4n) is 2.31. The molecule has 3 rings (SSSR count). The van der Waals surface area contributed by atoms with Crippen molar-refractivity contribution in [1.29, 1.82) is 5.26 Å². The van der Waals surface area contributed by atoms with Crippen LogP contribution in [0.25, 0.3) is 11.2 Å². The van der Waals surface area contributed by atoms with Gasteiger partial charge in [0.2, 0.25) is 5.28 Å². The number of nitrogens with one attached hydrogen (secondary N) is 1. The summed E-state index contributed by atoms with van der Waals surface area (Å²) in [5.74, 6) is 0.495. The highest BCUT2D eigenvalue weighted by Gasteiger charge is 2.20. The van der Waals surface area contributed by atoms with Gasteiger partial charge >= 0.3 is 0 Å². The quantitative estimate of drug-likeness (QED) is 0.630. The van der Waals surface area contributed by atoms with E-state index < -0.39 is 0 Å². The third kappa shape index (κ3) is 3.21. The first-order valence-corrected chi connectivity index (χ1v) is 8.34. The van der Waals surface area contributed by atoms with Crippen LogP contribution in [-0.2, 0) is 5.54 Å². The highest BCUT2D eigenvalue weighted by Crippen LogP contribution is 2.29. The Morgan fingerprint density at radius 3 is 2.67 bits per heavy atom. The zero-order valence-electron chi connectivity index (χ0n) is 13.3. The third-order valence-corrected chi connectivity index (χ3v) is 4.01. The first kappa shape index (κ1) is 16.7. The van der Waals surface area contributed by atoms with E-state index in [4.69, 9.17) is 16.9 Å². The number of nitrogens with zero attached hydrogens (tertiary/aromatic N) is 5. The number of imidazole rings is 1. The van der Waals surface area contributed by atoms with E-state index in [1.54, 1.807) is 18.5 Å². The fourth-order valence-corrected chi connectivity index (χ4v) is 2.97. The van der Waals surface area contributed by atoms with E-state index >= 15 is 0 Å². The van der Waals surface area contributed by atoms with Crippen LogP contribution in [0.5, 0.6) is 0 Å². The molecule has 3 aromatic rings. The minimum atomic E-state index is -0.187. The lowest BCUT2D eigenvalue weighted by atomic mass is 10.1. The summed E-state index contributed by atoms with van der Waals surface area (Å²) >= 11 is 9.49. The van der Waals surface area contributed by atoms with E-state index in [0.717, 1.165) is 4.47 Å². The number of fused-ring (bicyclic) bond motifs is 1. The summed E-state index contributed by atoms with van der Waals surface area (Å²) in [6.07, 6.45) is 1.72. The Hall–Kier alpha value is -2.17. The predicted molar refractivity (Wildman–Crippen MR) is 97.5 cm³/mol. The minimum Gasteiger partial charge on any atom is -0.338 e. The molecular formula is C16H14BrClN6. The molecule has 0 fully saturated rings. The Bertz CT molecular complexity index is 967. The number of halogens is 2. The molecule has 0 atom stereocenters. The molecule has 0 aliphatic carbocycles. The molecule has 0 unspecified atom stereocenters. The third-order valence-electron chi connectivity index (χ3n) is 3.38. The molecule has 24 heavy (non-hydrogen) atoms. The van der Waals surface area contributed by atoms with Gasteiger partial charge in [-0.15, -0.1) is 0 Å². The maximum atomic E-state index is 9.10. The first-order chi connectivity index (χ1) is 11.3. The fraction of sp³-hybridized carbons (Fsp3) is 0.250. The second kappa shape index (κ2) is 6.04. The normalized spacial score (nSPS) is 11.5. The van der Waals surface area contributed by atoms with Crippen molar-refractivity contribution in [2.45, 2.75) is 26.3 Å². The highest BCUT2D eigenvalue weighted by molar-refractivity contribution is 9.10.